The van der Waals surface area contributed by atoms with Crippen LogP contribution < -0.4 is 0 Å². The first-order valence-corrected chi connectivity index (χ1v) is 7.86. The van der Waals surface area contributed by atoms with Gasteiger partial charge in [0, 0.05) is 15.9 Å². The van der Waals surface area contributed by atoms with E-state index in [2.05, 4.69) is 13.8 Å². The van der Waals surface area contributed by atoms with Crippen molar-refractivity contribution in [2.45, 2.75) is 46.0 Å². The molecule has 0 saturated carbocycles. The minimum Gasteiger partial charge on any atom is -0.126 e. The van der Waals surface area contributed by atoms with Gasteiger partial charge in [-0.3, -0.25) is 0 Å². The summed E-state index contributed by atoms with van der Waals surface area (Å²) in [6.45, 7) is 4.40. The van der Waals surface area contributed by atoms with Crippen LogP contribution in [0, 0.1) is 5.41 Å². The summed E-state index contributed by atoms with van der Waals surface area (Å²) in [5.74, 6) is 0.658. The summed E-state index contributed by atoms with van der Waals surface area (Å²) in [5.41, 5.74) is 1.16. The molecule has 0 fully saturated rings. The monoisotopic (exact) mass is 306 g/mol. The Bertz CT molecular complexity index is 350. The number of hydrogen-bond donors (Lipinski definition) is 0. The van der Waals surface area contributed by atoms with E-state index in [-0.39, 0.29) is 5.41 Å². The van der Waals surface area contributed by atoms with E-state index in [4.69, 9.17) is 34.8 Å². The van der Waals surface area contributed by atoms with Crippen molar-refractivity contribution in [1.29, 1.82) is 0 Å². The molecule has 0 nitrogen and oxygen atoms in total. The molecule has 0 aromatic heterocycles. The summed E-state index contributed by atoms with van der Waals surface area (Å²) in [7, 11) is 0. The third-order valence-electron chi connectivity index (χ3n) is 3.71. The van der Waals surface area contributed by atoms with E-state index in [1.54, 1.807) is 0 Å². The predicted octanol–water partition coefficient (Wildman–Crippen LogP) is 6.36. The van der Waals surface area contributed by atoms with Gasteiger partial charge < -0.3 is 0 Å². The van der Waals surface area contributed by atoms with E-state index in [9.17, 15) is 0 Å². The minimum atomic E-state index is 0.117. The molecule has 0 radical (unpaired) electrons. The second-order valence-electron chi connectivity index (χ2n) is 4.97. The maximum absolute atomic E-state index is 6.26. The molecule has 0 amide bonds. The first kappa shape index (κ1) is 16.1. The number of halogens is 3. The summed E-state index contributed by atoms with van der Waals surface area (Å²) in [4.78, 5) is 0. The first-order valence-electron chi connectivity index (χ1n) is 6.57. The van der Waals surface area contributed by atoms with Crippen LogP contribution in [0.15, 0.2) is 18.2 Å². The van der Waals surface area contributed by atoms with Gasteiger partial charge in [-0.05, 0) is 42.4 Å². The van der Waals surface area contributed by atoms with Crippen molar-refractivity contribution in [2.75, 3.05) is 5.88 Å². The standard InChI is InChI=1S/C15H21Cl3/c1-3-5-9-15(4-2,11-16)10-12-13(17)7-6-8-14(12)18/h6-8H,3-5,9-11H2,1-2H3. The van der Waals surface area contributed by atoms with Crippen molar-refractivity contribution in [2.24, 2.45) is 5.41 Å². The van der Waals surface area contributed by atoms with Crippen molar-refractivity contribution in [3.63, 3.8) is 0 Å². The first-order chi connectivity index (χ1) is 8.58. The highest BCUT2D eigenvalue weighted by molar-refractivity contribution is 6.36. The van der Waals surface area contributed by atoms with E-state index in [1.165, 1.54) is 12.8 Å². The van der Waals surface area contributed by atoms with E-state index in [0.29, 0.717) is 5.88 Å². The highest BCUT2D eigenvalue weighted by Gasteiger charge is 2.28. The maximum Gasteiger partial charge on any atom is 0.0453 e. The van der Waals surface area contributed by atoms with Gasteiger partial charge in [0.2, 0.25) is 0 Å². The Labute approximate surface area is 126 Å². The SMILES string of the molecule is CCCCC(CC)(CCl)Cc1c(Cl)cccc1Cl. The van der Waals surface area contributed by atoms with Crippen LogP contribution in [0.5, 0.6) is 0 Å². The zero-order valence-corrected chi connectivity index (χ0v) is 13.4. The van der Waals surface area contributed by atoms with Crippen LogP contribution in [0.1, 0.15) is 45.1 Å². The predicted molar refractivity (Wildman–Crippen MR) is 83.1 cm³/mol. The van der Waals surface area contributed by atoms with Crippen LogP contribution in [0.25, 0.3) is 0 Å². The van der Waals surface area contributed by atoms with Crippen LogP contribution in [-0.4, -0.2) is 5.88 Å². The molecule has 1 rings (SSSR count). The topological polar surface area (TPSA) is 0 Å². The quantitative estimate of drug-likeness (QED) is 0.514. The summed E-state index contributed by atoms with van der Waals surface area (Å²) in [6.07, 6.45) is 5.44. The summed E-state index contributed by atoms with van der Waals surface area (Å²) >= 11 is 18.7. The van der Waals surface area contributed by atoms with Crippen LogP contribution >= 0.6 is 34.8 Å². The lowest BCUT2D eigenvalue weighted by atomic mass is 9.77. The number of rotatable bonds is 7. The lowest BCUT2D eigenvalue weighted by Gasteiger charge is -2.31. The van der Waals surface area contributed by atoms with Gasteiger partial charge in [-0.15, -0.1) is 11.6 Å². The van der Waals surface area contributed by atoms with Crippen molar-refractivity contribution < 1.29 is 0 Å². The molecule has 0 spiro atoms. The van der Waals surface area contributed by atoms with E-state index in [0.717, 1.165) is 34.9 Å². The summed E-state index contributed by atoms with van der Waals surface area (Å²) in [6, 6.07) is 5.68. The smallest absolute Gasteiger partial charge is 0.0453 e. The lowest BCUT2D eigenvalue weighted by molar-refractivity contribution is 0.279. The molecular formula is C15H21Cl3. The molecule has 1 aromatic rings. The van der Waals surface area contributed by atoms with Crippen molar-refractivity contribution >= 4 is 34.8 Å². The maximum atomic E-state index is 6.26. The van der Waals surface area contributed by atoms with Gasteiger partial charge in [0.1, 0.15) is 0 Å². The average molecular weight is 308 g/mol. The van der Waals surface area contributed by atoms with Gasteiger partial charge in [-0.25, -0.2) is 0 Å². The Hall–Kier alpha value is 0.0900. The van der Waals surface area contributed by atoms with Crippen LogP contribution in [0.3, 0.4) is 0 Å². The van der Waals surface area contributed by atoms with Crippen LogP contribution in [-0.2, 0) is 6.42 Å². The number of benzene rings is 1. The molecule has 3 heteroatoms. The molecule has 1 aromatic carbocycles. The van der Waals surface area contributed by atoms with Gasteiger partial charge >= 0.3 is 0 Å². The van der Waals surface area contributed by atoms with E-state index >= 15 is 0 Å². The van der Waals surface area contributed by atoms with Gasteiger partial charge in [0.15, 0.2) is 0 Å². The summed E-state index contributed by atoms with van der Waals surface area (Å²) in [5, 5.41) is 1.50. The molecule has 102 valence electrons. The zero-order valence-electron chi connectivity index (χ0n) is 11.1. The summed E-state index contributed by atoms with van der Waals surface area (Å²) < 4.78 is 0. The molecule has 0 saturated heterocycles. The lowest BCUT2D eigenvalue weighted by Crippen LogP contribution is -2.25. The molecule has 0 bridgehead atoms. The fraction of sp³-hybridized carbons (Fsp3) is 0.600. The van der Waals surface area contributed by atoms with Crippen LogP contribution in [0.4, 0.5) is 0 Å². The van der Waals surface area contributed by atoms with Crippen molar-refractivity contribution in [3.8, 4) is 0 Å². The minimum absolute atomic E-state index is 0.117. The van der Waals surface area contributed by atoms with Crippen molar-refractivity contribution in [3.05, 3.63) is 33.8 Å². The molecule has 0 aliphatic heterocycles. The highest BCUT2D eigenvalue weighted by atomic mass is 35.5. The fourth-order valence-electron chi connectivity index (χ4n) is 2.23. The van der Waals surface area contributed by atoms with Gasteiger partial charge in [-0.1, -0.05) is 56.0 Å². The van der Waals surface area contributed by atoms with E-state index < -0.39 is 0 Å². The third-order valence-corrected chi connectivity index (χ3v) is 4.98. The Kier molecular flexibility index (Phi) is 6.84. The fourth-order valence-corrected chi connectivity index (χ4v) is 3.17. The zero-order chi connectivity index (χ0) is 13.6. The Morgan fingerprint density at radius 3 is 2.17 bits per heavy atom. The van der Waals surface area contributed by atoms with Crippen molar-refractivity contribution in [1.82, 2.24) is 0 Å². The molecule has 1 unspecified atom stereocenters. The highest BCUT2D eigenvalue weighted by Crippen LogP contribution is 2.38. The van der Waals surface area contributed by atoms with Gasteiger partial charge in [-0.2, -0.15) is 0 Å². The second kappa shape index (κ2) is 7.62. The van der Waals surface area contributed by atoms with Gasteiger partial charge in [0.05, 0.1) is 0 Å². The van der Waals surface area contributed by atoms with E-state index in [1.807, 2.05) is 18.2 Å². The molecule has 0 N–H and O–H groups in total. The Morgan fingerprint density at radius 2 is 1.72 bits per heavy atom. The Balaban J connectivity index is 2.95. The molecule has 0 heterocycles. The Morgan fingerprint density at radius 1 is 1.11 bits per heavy atom. The third kappa shape index (κ3) is 4.05. The molecule has 0 aliphatic carbocycles. The normalized spacial score (nSPS) is 14.5. The number of alkyl halides is 1. The molecule has 18 heavy (non-hydrogen) atoms. The van der Waals surface area contributed by atoms with Gasteiger partial charge in [0.25, 0.3) is 0 Å². The molecule has 0 aliphatic rings. The molecular weight excluding hydrogens is 287 g/mol. The molecule has 1 atom stereocenters. The largest absolute Gasteiger partial charge is 0.126 e. The number of unbranched alkanes of at least 4 members (excludes halogenated alkanes) is 1. The van der Waals surface area contributed by atoms with Crippen LogP contribution in [0.2, 0.25) is 10.0 Å². The second-order valence-corrected chi connectivity index (χ2v) is 6.05. The number of hydrogen-bond acceptors (Lipinski definition) is 0. The average Bonchev–Trinajstić information content (AvgIpc) is 2.38.